The van der Waals surface area contributed by atoms with Gasteiger partial charge in [0.15, 0.2) is 0 Å². The third-order valence-corrected chi connectivity index (χ3v) is 4.60. The van der Waals surface area contributed by atoms with Crippen LogP contribution < -0.4 is 15.4 Å². The van der Waals surface area contributed by atoms with Gasteiger partial charge in [0.1, 0.15) is 11.8 Å². The molecule has 0 aliphatic carbocycles. The van der Waals surface area contributed by atoms with Gasteiger partial charge in [-0.25, -0.2) is 0 Å². The first-order valence-corrected chi connectivity index (χ1v) is 10.3. The van der Waals surface area contributed by atoms with Gasteiger partial charge < -0.3 is 20.3 Å². The Kier molecular flexibility index (Phi) is 8.93. The van der Waals surface area contributed by atoms with E-state index in [9.17, 15) is 9.59 Å². The van der Waals surface area contributed by atoms with E-state index >= 15 is 0 Å². The number of benzene rings is 2. The molecule has 2 amide bonds. The van der Waals surface area contributed by atoms with Gasteiger partial charge in [0.2, 0.25) is 5.91 Å². The Bertz CT molecular complexity index is 820. The number of amides is 2. The number of likely N-dealkylation sites (N-methyl/N-ethyl adjacent to an activating group) is 1. The van der Waals surface area contributed by atoms with Crippen molar-refractivity contribution in [3.63, 3.8) is 0 Å². The minimum Gasteiger partial charge on any atom is -0.494 e. The van der Waals surface area contributed by atoms with Crippen LogP contribution in [-0.2, 0) is 4.79 Å². The predicted molar refractivity (Wildman–Crippen MR) is 117 cm³/mol. The molecule has 1 atom stereocenters. The molecule has 6 nitrogen and oxygen atoms in total. The Morgan fingerprint density at radius 1 is 1.03 bits per heavy atom. The van der Waals surface area contributed by atoms with E-state index in [0.717, 1.165) is 35.9 Å². The zero-order valence-electron chi connectivity index (χ0n) is 18.0. The number of ether oxygens (including phenoxy) is 1. The summed E-state index contributed by atoms with van der Waals surface area (Å²) in [6, 6.07) is 10.9. The van der Waals surface area contributed by atoms with Gasteiger partial charge in [-0.2, -0.15) is 0 Å². The van der Waals surface area contributed by atoms with E-state index < -0.39 is 6.04 Å². The summed E-state index contributed by atoms with van der Waals surface area (Å²) in [4.78, 5) is 27.2. The molecule has 0 unspecified atom stereocenters. The normalized spacial score (nSPS) is 12.0. The van der Waals surface area contributed by atoms with Crippen LogP contribution in [-0.4, -0.2) is 56.5 Å². The maximum absolute atomic E-state index is 12.7. The summed E-state index contributed by atoms with van der Waals surface area (Å²) >= 11 is 0. The molecule has 0 aromatic heterocycles. The zero-order chi connectivity index (χ0) is 21.2. The number of hydrogen-bond acceptors (Lipinski definition) is 4. The Morgan fingerprint density at radius 2 is 1.76 bits per heavy atom. The highest BCUT2D eigenvalue weighted by molar-refractivity contribution is 6.00. The van der Waals surface area contributed by atoms with Gasteiger partial charge in [0.05, 0.1) is 6.61 Å². The minimum atomic E-state index is -0.532. The number of nitrogens with one attached hydrogen (secondary N) is 2. The third kappa shape index (κ3) is 7.06. The second-order valence-corrected chi connectivity index (χ2v) is 7.48. The molecule has 0 aliphatic heterocycles. The first-order valence-electron chi connectivity index (χ1n) is 10.3. The highest BCUT2D eigenvalue weighted by atomic mass is 16.5. The highest BCUT2D eigenvalue weighted by Gasteiger charge is 2.20. The molecule has 0 bridgehead atoms. The molecule has 0 saturated heterocycles. The average Bonchev–Trinajstić information content (AvgIpc) is 2.70. The number of hydrogen-bond donors (Lipinski definition) is 2. The molecule has 2 aromatic rings. The van der Waals surface area contributed by atoms with Crippen LogP contribution in [0.1, 0.15) is 43.5 Å². The van der Waals surface area contributed by atoms with Gasteiger partial charge in [-0.3, -0.25) is 9.59 Å². The van der Waals surface area contributed by atoms with Gasteiger partial charge in [-0.1, -0.05) is 32.4 Å². The van der Waals surface area contributed by atoms with Crippen LogP contribution in [0, 0.1) is 0 Å². The molecule has 0 saturated carbocycles. The van der Waals surface area contributed by atoms with Crippen molar-refractivity contribution in [2.75, 3.05) is 33.8 Å². The molecular weight excluding hydrogens is 366 g/mol. The second kappa shape index (κ2) is 11.4. The molecule has 2 aromatic carbocycles. The van der Waals surface area contributed by atoms with Crippen LogP contribution in [0.15, 0.2) is 36.4 Å². The van der Waals surface area contributed by atoms with Gasteiger partial charge in [-0.05, 0) is 62.0 Å². The predicted octanol–water partition coefficient (Wildman–Crippen LogP) is 3.20. The molecule has 0 heterocycles. The standard InChI is InChI=1S/C23H33N3O3/c1-5-7-21(23(28)24-12-13-26(3)4)25-22(27)19-9-8-18-16-20(29-14-6-2)11-10-17(18)15-19/h8-11,15-16,21H,5-7,12-14H2,1-4H3,(H,24,28)(H,25,27)/t21-/m0/s1. The van der Waals surface area contributed by atoms with E-state index in [1.54, 1.807) is 6.07 Å². The summed E-state index contributed by atoms with van der Waals surface area (Å²) in [6.45, 7) is 6.07. The minimum absolute atomic E-state index is 0.138. The van der Waals surface area contributed by atoms with Crippen LogP contribution in [0.5, 0.6) is 5.75 Å². The SMILES string of the molecule is CCCOc1ccc2cc(C(=O)N[C@@H](CCC)C(=O)NCCN(C)C)ccc2c1. The van der Waals surface area contributed by atoms with Crippen molar-refractivity contribution in [3.8, 4) is 5.75 Å². The highest BCUT2D eigenvalue weighted by Crippen LogP contribution is 2.22. The maximum atomic E-state index is 12.7. The lowest BCUT2D eigenvalue weighted by atomic mass is 10.1. The smallest absolute Gasteiger partial charge is 0.251 e. The molecule has 6 heteroatoms. The summed E-state index contributed by atoms with van der Waals surface area (Å²) in [6.07, 6.45) is 2.37. The number of carbonyl (C=O) groups is 2. The first-order chi connectivity index (χ1) is 13.9. The second-order valence-electron chi connectivity index (χ2n) is 7.48. The van der Waals surface area contributed by atoms with Crippen molar-refractivity contribution in [1.82, 2.24) is 15.5 Å². The lowest BCUT2D eigenvalue weighted by Crippen LogP contribution is -2.47. The van der Waals surface area contributed by atoms with E-state index in [1.807, 2.05) is 56.3 Å². The van der Waals surface area contributed by atoms with Crippen LogP contribution in [0.2, 0.25) is 0 Å². The first kappa shape index (κ1) is 22.7. The molecule has 29 heavy (non-hydrogen) atoms. The molecular formula is C23H33N3O3. The Balaban J connectivity index is 2.06. The number of fused-ring (bicyclic) bond motifs is 1. The lowest BCUT2D eigenvalue weighted by Gasteiger charge is -2.19. The lowest BCUT2D eigenvalue weighted by molar-refractivity contribution is -0.123. The number of nitrogens with zero attached hydrogens (tertiary/aromatic N) is 1. The summed E-state index contributed by atoms with van der Waals surface area (Å²) in [5.74, 6) is 0.453. The quantitative estimate of drug-likeness (QED) is 0.609. The van der Waals surface area contributed by atoms with E-state index in [0.29, 0.717) is 25.1 Å². The zero-order valence-corrected chi connectivity index (χ0v) is 18.0. The van der Waals surface area contributed by atoms with Gasteiger partial charge >= 0.3 is 0 Å². The molecule has 0 radical (unpaired) electrons. The summed E-state index contributed by atoms with van der Waals surface area (Å²) in [5, 5.41) is 7.76. The fraction of sp³-hybridized carbons (Fsp3) is 0.478. The number of rotatable bonds is 11. The van der Waals surface area contributed by atoms with Gasteiger partial charge in [0, 0.05) is 18.7 Å². The fourth-order valence-corrected chi connectivity index (χ4v) is 3.00. The van der Waals surface area contributed by atoms with Crippen LogP contribution in [0.4, 0.5) is 0 Å². The van der Waals surface area contributed by atoms with Crippen LogP contribution >= 0.6 is 0 Å². The van der Waals surface area contributed by atoms with Crippen LogP contribution in [0.25, 0.3) is 10.8 Å². The maximum Gasteiger partial charge on any atom is 0.251 e. The molecule has 0 fully saturated rings. The van der Waals surface area contributed by atoms with Crippen molar-refractivity contribution in [1.29, 1.82) is 0 Å². The van der Waals surface area contributed by atoms with E-state index in [1.165, 1.54) is 0 Å². The Labute approximate surface area is 173 Å². The fourth-order valence-electron chi connectivity index (χ4n) is 3.00. The Morgan fingerprint density at radius 3 is 2.45 bits per heavy atom. The van der Waals surface area contributed by atoms with Crippen molar-refractivity contribution in [3.05, 3.63) is 42.0 Å². The third-order valence-electron chi connectivity index (χ3n) is 4.60. The summed E-state index contributed by atoms with van der Waals surface area (Å²) in [5.41, 5.74) is 0.543. The summed E-state index contributed by atoms with van der Waals surface area (Å²) < 4.78 is 5.67. The van der Waals surface area contributed by atoms with Gasteiger partial charge in [-0.15, -0.1) is 0 Å². The number of carbonyl (C=O) groups excluding carboxylic acids is 2. The summed E-state index contributed by atoms with van der Waals surface area (Å²) in [7, 11) is 3.91. The Hall–Kier alpha value is -2.60. The van der Waals surface area contributed by atoms with Crippen molar-refractivity contribution in [2.24, 2.45) is 0 Å². The topological polar surface area (TPSA) is 70.7 Å². The van der Waals surface area contributed by atoms with E-state index in [4.69, 9.17) is 4.74 Å². The molecule has 158 valence electrons. The molecule has 2 rings (SSSR count). The average molecular weight is 400 g/mol. The molecule has 0 spiro atoms. The van der Waals surface area contributed by atoms with E-state index in [2.05, 4.69) is 17.6 Å². The van der Waals surface area contributed by atoms with Crippen LogP contribution in [0.3, 0.4) is 0 Å². The molecule has 2 N–H and O–H groups in total. The monoisotopic (exact) mass is 399 g/mol. The molecule has 0 aliphatic rings. The van der Waals surface area contributed by atoms with Crippen molar-refractivity contribution < 1.29 is 14.3 Å². The van der Waals surface area contributed by atoms with Crippen molar-refractivity contribution >= 4 is 22.6 Å². The van der Waals surface area contributed by atoms with E-state index in [-0.39, 0.29) is 11.8 Å². The van der Waals surface area contributed by atoms with Crippen molar-refractivity contribution in [2.45, 2.75) is 39.2 Å². The van der Waals surface area contributed by atoms with Gasteiger partial charge in [0.25, 0.3) is 5.91 Å². The largest absolute Gasteiger partial charge is 0.494 e.